The second-order valence-electron chi connectivity index (χ2n) is 4.98. The molecule has 1 aromatic heterocycles. The van der Waals surface area contributed by atoms with E-state index in [1.54, 1.807) is 24.3 Å². The molecule has 1 heterocycles. The Morgan fingerprint density at radius 1 is 1.04 bits per heavy atom. The van der Waals surface area contributed by atoms with E-state index in [2.05, 4.69) is 5.10 Å². The van der Waals surface area contributed by atoms with Gasteiger partial charge in [0.25, 0.3) is 5.56 Å². The highest BCUT2D eigenvalue weighted by Crippen LogP contribution is 2.20. The van der Waals surface area contributed by atoms with E-state index in [1.807, 2.05) is 30.3 Å². The summed E-state index contributed by atoms with van der Waals surface area (Å²) in [5.41, 5.74) is 0.675. The van der Waals surface area contributed by atoms with Gasteiger partial charge in [-0.15, -0.1) is 5.10 Å². The van der Waals surface area contributed by atoms with Crippen LogP contribution in [-0.2, 0) is 11.3 Å². The zero-order valence-corrected chi connectivity index (χ0v) is 12.2. The fourth-order valence-corrected chi connectivity index (χ4v) is 2.30. The smallest absolute Gasteiger partial charge is 0.341 e. The van der Waals surface area contributed by atoms with Crippen molar-refractivity contribution >= 4 is 16.7 Å². The topological polar surface area (TPSA) is 81.4 Å². The van der Waals surface area contributed by atoms with Crippen LogP contribution in [0.5, 0.6) is 5.88 Å². The number of rotatable bonds is 5. The van der Waals surface area contributed by atoms with Crippen LogP contribution in [-0.4, -0.2) is 27.5 Å². The maximum Gasteiger partial charge on any atom is 0.341 e. The molecule has 1 N–H and O–H groups in total. The van der Waals surface area contributed by atoms with Crippen LogP contribution in [0.15, 0.2) is 59.4 Å². The largest absolute Gasteiger partial charge is 0.479 e. The Hall–Kier alpha value is -3.15. The van der Waals surface area contributed by atoms with Crippen LogP contribution in [0.2, 0.25) is 0 Å². The normalized spacial score (nSPS) is 10.6. The first-order chi connectivity index (χ1) is 11.1. The SMILES string of the molecule is O=C(O)COc1nn(Cc2ccccc2)c(=O)c2ccccc12. The van der Waals surface area contributed by atoms with E-state index in [0.29, 0.717) is 10.8 Å². The van der Waals surface area contributed by atoms with Gasteiger partial charge in [-0.05, 0) is 17.7 Å². The van der Waals surface area contributed by atoms with Crippen LogP contribution in [0.1, 0.15) is 5.56 Å². The lowest BCUT2D eigenvalue weighted by molar-refractivity contribution is -0.139. The molecule has 3 rings (SSSR count). The summed E-state index contributed by atoms with van der Waals surface area (Å²) in [6.07, 6.45) is 0. The Balaban J connectivity index is 2.09. The van der Waals surface area contributed by atoms with Crippen molar-refractivity contribution in [2.75, 3.05) is 6.61 Å². The molecule has 0 fully saturated rings. The molecular weight excluding hydrogens is 296 g/mol. The van der Waals surface area contributed by atoms with Crippen molar-refractivity contribution < 1.29 is 14.6 Å². The predicted octanol–water partition coefficient (Wildman–Crippen LogP) is 1.91. The maximum absolute atomic E-state index is 12.6. The molecular formula is C17H14N2O4. The standard InChI is InChI=1S/C17H14N2O4/c20-15(21)11-23-16-13-8-4-5-9-14(13)17(22)19(18-16)10-12-6-2-1-3-7-12/h1-9H,10-11H2,(H,20,21). The van der Waals surface area contributed by atoms with Crippen molar-refractivity contribution in [1.82, 2.24) is 9.78 Å². The lowest BCUT2D eigenvalue weighted by Crippen LogP contribution is -2.25. The summed E-state index contributed by atoms with van der Waals surface area (Å²) >= 11 is 0. The van der Waals surface area contributed by atoms with Crippen LogP contribution >= 0.6 is 0 Å². The zero-order chi connectivity index (χ0) is 16.2. The molecule has 6 heteroatoms. The van der Waals surface area contributed by atoms with Gasteiger partial charge in [0.15, 0.2) is 6.61 Å². The van der Waals surface area contributed by atoms with Gasteiger partial charge in [-0.3, -0.25) is 4.79 Å². The number of fused-ring (bicyclic) bond motifs is 1. The number of carboxylic acid groups (broad SMARTS) is 1. The number of ether oxygens (including phenoxy) is 1. The third kappa shape index (κ3) is 3.21. The van der Waals surface area contributed by atoms with Crippen molar-refractivity contribution in [1.29, 1.82) is 0 Å². The third-order valence-corrected chi connectivity index (χ3v) is 3.34. The number of hydrogen-bond acceptors (Lipinski definition) is 4. The van der Waals surface area contributed by atoms with Crippen LogP contribution in [0.4, 0.5) is 0 Å². The Bertz CT molecular complexity index is 903. The van der Waals surface area contributed by atoms with Crippen molar-refractivity contribution in [3.05, 3.63) is 70.5 Å². The molecule has 0 aliphatic heterocycles. The third-order valence-electron chi connectivity index (χ3n) is 3.34. The van der Waals surface area contributed by atoms with Gasteiger partial charge in [-0.1, -0.05) is 42.5 Å². The number of benzene rings is 2. The first-order valence-corrected chi connectivity index (χ1v) is 7.03. The number of nitrogens with zero attached hydrogens (tertiary/aromatic N) is 2. The highest BCUT2D eigenvalue weighted by Gasteiger charge is 2.12. The highest BCUT2D eigenvalue weighted by molar-refractivity contribution is 5.86. The molecule has 0 aliphatic rings. The first-order valence-electron chi connectivity index (χ1n) is 7.03. The molecule has 0 radical (unpaired) electrons. The van der Waals surface area contributed by atoms with Crippen LogP contribution in [0.3, 0.4) is 0 Å². The average Bonchev–Trinajstić information content (AvgIpc) is 2.57. The first kappa shape index (κ1) is 14.8. The van der Waals surface area contributed by atoms with E-state index in [-0.39, 0.29) is 18.0 Å². The Morgan fingerprint density at radius 2 is 1.70 bits per heavy atom. The van der Waals surface area contributed by atoms with Gasteiger partial charge in [0, 0.05) is 0 Å². The molecule has 0 amide bonds. The molecule has 6 nitrogen and oxygen atoms in total. The quantitative estimate of drug-likeness (QED) is 0.778. The number of aromatic nitrogens is 2. The van der Waals surface area contributed by atoms with Crippen molar-refractivity contribution in [2.45, 2.75) is 6.54 Å². The van der Waals surface area contributed by atoms with Crippen molar-refractivity contribution in [3.63, 3.8) is 0 Å². The second-order valence-corrected chi connectivity index (χ2v) is 4.98. The number of hydrogen-bond donors (Lipinski definition) is 1. The molecule has 2 aromatic carbocycles. The van der Waals surface area contributed by atoms with Gasteiger partial charge in [-0.2, -0.15) is 0 Å². The Morgan fingerprint density at radius 3 is 2.39 bits per heavy atom. The number of carboxylic acids is 1. The van der Waals surface area contributed by atoms with Gasteiger partial charge in [-0.25, -0.2) is 9.48 Å². The van der Waals surface area contributed by atoms with Crippen molar-refractivity contribution in [2.24, 2.45) is 0 Å². The van der Waals surface area contributed by atoms with Crippen LogP contribution in [0.25, 0.3) is 10.8 Å². The monoisotopic (exact) mass is 310 g/mol. The summed E-state index contributed by atoms with van der Waals surface area (Å²) < 4.78 is 6.53. The summed E-state index contributed by atoms with van der Waals surface area (Å²) in [7, 11) is 0. The fraction of sp³-hybridized carbons (Fsp3) is 0.118. The molecule has 0 spiro atoms. The minimum absolute atomic E-state index is 0.138. The van der Waals surface area contributed by atoms with Gasteiger partial charge < -0.3 is 9.84 Å². The van der Waals surface area contributed by atoms with Crippen molar-refractivity contribution in [3.8, 4) is 5.88 Å². The van der Waals surface area contributed by atoms with E-state index in [1.165, 1.54) is 4.68 Å². The summed E-state index contributed by atoms with van der Waals surface area (Å²) in [6, 6.07) is 16.3. The van der Waals surface area contributed by atoms with E-state index in [0.717, 1.165) is 5.56 Å². The molecule has 0 aliphatic carbocycles. The lowest BCUT2D eigenvalue weighted by Gasteiger charge is -2.11. The van der Waals surface area contributed by atoms with Gasteiger partial charge in [0.05, 0.1) is 17.3 Å². The average molecular weight is 310 g/mol. The summed E-state index contributed by atoms with van der Waals surface area (Å²) in [6.45, 7) is -0.228. The van der Waals surface area contributed by atoms with Gasteiger partial charge >= 0.3 is 5.97 Å². The summed E-state index contributed by atoms with van der Waals surface area (Å²) in [5, 5.41) is 13.9. The summed E-state index contributed by atoms with van der Waals surface area (Å²) in [5.74, 6) is -0.963. The minimum atomic E-state index is -1.10. The minimum Gasteiger partial charge on any atom is -0.479 e. The predicted molar refractivity (Wildman–Crippen MR) is 84.7 cm³/mol. The molecule has 116 valence electrons. The van der Waals surface area contributed by atoms with Crippen LogP contribution in [0, 0.1) is 0 Å². The molecule has 0 unspecified atom stereocenters. The molecule has 3 aromatic rings. The number of carbonyl (C=O) groups is 1. The van der Waals surface area contributed by atoms with Gasteiger partial charge in [0.2, 0.25) is 5.88 Å². The zero-order valence-electron chi connectivity index (χ0n) is 12.2. The highest BCUT2D eigenvalue weighted by atomic mass is 16.5. The Labute approximate surface area is 131 Å². The maximum atomic E-state index is 12.6. The second kappa shape index (κ2) is 6.31. The van der Waals surface area contributed by atoms with E-state index in [9.17, 15) is 9.59 Å². The van der Waals surface area contributed by atoms with Gasteiger partial charge in [0.1, 0.15) is 0 Å². The molecule has 23 heavy (non-hydrogen) atoms. The molecule has 0 saturated carbocycles. The van der Waals surface area contributed by atoms with E-state index >= 15 is 0 Å². The molecule has 0 atom stereocenters. The van der Waals surface area contributed by atoms with Crippen LogP contribution < -0.4 is 10.3 Å². The lowest BCUT2D eigenvalue weighted by atomic mass is 10.2. The molecule has 0 saturated heterocycles. The Kier molecular flexibility index (Phi) is 4.05. The van der Waals surface area contributed by atoms with E-state index < -0.39 is 12.6 Å². The fourth-order valence-electron chi connectivity index (χ4n) is 2.30. The van der Waals surface area contributed by atoms with E-state index in [4.69, 9.17) is 9.84 Å². The summed E-state index contributed by atoms with van der Waals surface area (Å²) in [4.78, 5) is 23.3. The number of aliphatic carboxylic acids is 1. The molecule has 0 bridgehead atoms.